The molecule has 3 atom stereocenters. The molecule has 8 nitrogen and oxygen atoms in total. The summed E-state index contributed by atoms with van der Waals surface area (Å²) >= 11 is 0. The first-order valence-corrected chi connectivity index (χ1v) is 12.2. The third-order valence-electron chi connectivity index (χ3n) is 6.07. The van der Waals surface area contributed by atoms with E-state index in [4.69, 9.17) is 4.74 Å². The molecule has 204 valence electrons. The van der Waals surface area contributed by atoms with Crippen LogP contribution in [0, 0.1) is 12.7 Å². The van der Waals surface area contributed by atoms with Crippen LogP contribution in [0.5, 0.6) is 0 Å². The lowest BCUT2D eigenvalue weighted by Gasteiger charge is -2.22. The van der Waals surface area contributed by atoms with Crippen molar-refractivity contribution in [1.29, 1.82) is 0 Å². The number of halogens is 4. The van der Waals surface area contributed by atoms with Crippen LogP contribution in [0.25, 0.3) is 10.9 Å². The van der Waals surface area contributed by atoms with Crippen LogP contribution < -0.4 is 15.5 Å². The van der Waals surface area contributed by atoms with Gasteiger partial charge < -0.3 is 20.3 Å². The molecular formula is C26H30F4N6O2. The van der Waals surface area contributed by atoms with Crippen molar-refractivity contribution >= 4 is 28.6 Å². The summed E-state index contributed by atoms with van der Waals surface area (Å²) in [5.74, 6) is 0.234. The Labute approximate surface area is 217 Å². The number of rotatable bonds is 6. The second-order valence-electron chi connectivity index (χ2n) is 10.3. The molecule has 3 heterocycles. The van der Waals surface area contributed by atoms with Gasteiger partial charge in [-0.15, -0.1) is 0 Å². The zero-order valence-corrected chi connectivity index (χ0v) is 21.7. The van der Waals surface area contributed by atoms with Crippen molar-refractivity contribution in [2.75, 3.05) is 23.3 Å². The number of amides is 1. The third-order valence-corrected chi connectivity index (χ3v) is 6.07. The SMILES string of the molecule is Cc1nc(N[C@H](C)c2cccc(C(F)F)c2F)c2cc(N3CC(F)C(NC(=O)OC(C)(C)C)C3)ncc2n1. The average Bonchev–Trinajstić information content (AvgIpc) is 3.17. The van der Waals surface area contributed by atoms with Gasteiger partial charge in [0.1, 0.15) is 35.1 Å². The molecule has 0 spiro atoms. The molecule has 1 aromatic carbocycles. The zero-order valence-electron chi connectivity index (χ0n) is 21.7. The Morgan fingerprint density at radius 1 is 1.18 bits per heavy atom. The summed E-state index contributed by atoms with van der Waals surface area (Å²) in [5, 5.41) is 6.21. The number of carbonyl (C=O) groups is 1. The fourth-order valence-electron chi connectivity index (χ4n) is 4.32. The molecule has 2 unspecified atom stereocenters. The van der Waals surface area contributed by atoms with Crippen LogP contribution in [0.3, 0.4) is 0 Å². The normalized spacial score (nSPS) is 18.6. The van der Waals surface area contributed by atoms with E-state index in [9.17, 15) is 22.4 Å². The van der Waals surface area contributed by atoms with Crippen molar-refractivity contribution < 1.29 is 27.1 Å². The predicted molar refractivity (Wildman–Crippen MR) is 136 cm³/mol. The number of hydrogen-bond acceptors (Lipinski definition) is 7. The molecule has 1 aliphatic heterocycles. The van der Waals surface area contributed by atoms with Gasteiger partial charge in [0.25, 0.3) is 6.43 Å². The molecule has 0 aliphatic carbocycles. The van der Waals surface area contributed by atoms with Crippen molar-refractivity contribution in [2.24, 2.45) is 0 Å². The molecule has 2 N–H and O–H groups in total. The van der Waals surface area contributed by atoms with Crippen LogP contribution in [-0.2, 0) is 4.74 Å². The van der Waals surface area contributed by atoms with Crippen molar-refractivity contribution in [3.63, 3.8) is 0 Å². The van der Waals surface area contributed by atoms with Gasteiger partial charge in [-0.2, -0.15) is 0 Å². The summed E-state index contributed by atoms with van der Waals surface area (Å²) in [6, 6.07) is 4.05. The molecule has 3 aromatic rings. The minimum absolute atomic E-state index is 0.00349. The second-order valence-corrected chi connectivity index (χ2v) is 10.3. The highest BCUT2D eigenvalue weighted by atomic mass is 19.3. The Kier molecular flexibility index (Phi) is 7.61. The zero-order chi connectivity index (χ0) is 27.8. The van der Waals surface area contributed by atoms with E-state index in [0.717, 1.165) is 6.07 Å². The number of nitrogens with one attached hydrogen (secondary N) is 2. The monoisotopic (exact) mass is 534 g/mol. The van der Waals surface area contributed by atoms with Crippen molar-refractivity contribution in [3.8, 4) is 0 Å². The number of pyridine rings is 1. The highest BCUT2D eigenvalue weighted by Gasteiger charge is 2.36. The molecule has 0 saturated carbocycles. The second kappa shape index (κ2) is 10.6. The smallest absolute Gasteiger partial charge is 0.408 e. The topological polar surface area (TPSA) is 92.3 Å². The number of nitrogens with zero attached hydrogens (tertiary/aromatic N) is 4. The molecule has 2 aromatic heterocycles. The van der Waals surface area contributed by atoms with Crippen LogP contribution in [0.2, 0.25) is 0 Å². The van der Waals surface area contributed by atoms with Gasteiger partial charge in [-0.1, -0.05) is 18.2 Å². The fraction of sp³-hybridized carbons (Fsp3) is 0.462. The van der Waals surface area contributed by atoms with Gasteiger partial charge in [0, 0.05) is 17.5 Å². The first kappa shape index (κ1) is 27.3. The Balaban J connectivity index is 1.58. The van der Waals surface area contributed by atoms with Gasteiger partial charge in [0.2, 0.25) is 0 Å². The van der Waals surface area contributed by atoms with E-state index in [2.05, 4.69) is 25.6 Å². The summed E-state index contributed by atoms with van der Waals surface area (Å²) in [4.78, 5) is 27.1. The molecule has 0 radical (unpaired) electrons. The van der Waals surface area contributed by atoms with Gasteiger partial charge in [0.15, 0.2) is 0 Å². The number of aryl methyl sites for hydroxylation is 1. The number of alkyl carbamates (subject to hydrolysis) is 1. The van der Waals surface area contributed by atoms with Crippen LogP contribution in [0.15, 0.2) is 30.5 Å². The van der Waals surface area contributed by atoms with Gasteiger partial charge in [0.05, 0.1) is 35.9 Å². The van der Waals surface area contributed by atoms with Gasteiger partial charge in [-0.05, 0) is 40.7 Å². The molecule has 1 aliphatic rings. The van der Waals surface area contributed by atoms with Crippen LogP contribution in [0.4, 0.5) is 34.0 Å². The quantitative estimate of drug-likeness (QED) is 0.396. The number of hydrogen-bond donors (Lipinski definition) is 2. The number of ether oxygens (including phenoxy) is 1. The van der Waals surface area contributed by atoms with Crippen LogP contribution >= 0.6 is 0 Å². The van der Waals surface area contributed by atoms with E-state index in [0.29, 0.717) is 28.4 Å². The molecule has 1 amide bonds. The van der Waals surface area contributed by atoms with Crippen LogP contribution in [0.1, 0.15) is 57.1 Å². The summed E-state index contributed by atoms with van der Waals surface area (Å²) in [5.41, 5.74) is -0.818. The maximum absolute atomic E-state index is 14.8. The third kappa shape index (κ3) is 6.05. The Bertz CT molecular complexity index is 1330. The molecule has 38 heavy (non-hydrogen) atoms. The van der Waals surface area contributed by atoms with Crippen molar-refractivity contribution in [1.82, 2.24) is 20.3 Å². The maximum atomic E-state index is 14.8. The van der Waals surface area contributed by atoms with E-state index < -0.39 is 47.8 Å². The van der Waals surface area contributed by atoms with E-state index in [-0.39, 0.29) is 18.7 Å². The number of aromatic nitrogens is 3. The lowest BCUT2D eigenvalue weighted by molar-refractivity contribution is 0.0490. The van der Waals surface area contributed by atoms with Crippen molar-refractivity contribution in [2.45, 2.75) is 64.9 Å². The number of anilines is 2. The van der Waals surface area contributed by atoms with E-state index >= 15 is 0 Å². The number of alkyl halides is 3. The molecule has 0 bridgehead atoms. The highest BCUT2D eigenvalue weighted by molar-refractivity contribution is 5.90. The lowest BCUT2D eigenvalue weighted by Crippen LogP contribution is -2.44. The van der Waals surface area contributed by atoms with E-state index in [1.54, 1.807) is 45.6 Å². The summed E-state index contributed by atoms with van der Waals surface area (Å²) in [6.45, 7) is 8.65. The maximum Gasteiger partial charge on any atom is 0.408 e. The standard InChI is InChI=1S/C26H30F4N6O2/c1-13(15-7-6-8-16(22(15)28)23(29)30)32-24-17-9-21(31-10-19(17)33-14(2)34-24)36-11-18(27)20(12-36)35-25(37)38-26(3,4)5/h6-10,13,18,20,23H,11-12H2,1-5H3,(H,35,37)(H,32,33,34)/t13-,18?,20?/m1/s1. The Hall–Kier alpha value is -3.70. The Morgan fingerprint density at radius 3 is 2.58 bits per heavy atom. The lowest BCUT2D eigenvalue weighted by atomic mass is 10.0. The van der Waals surface area contributed by atoms with E-state index in [1.165, 1.54) is 18.3 Å². The van der Waals surface area contributed by atoms with Gasteiger partial charge >= 0.3 is 6.09 Å². The molecular weight excluding hydrogens is 504 g/mol. The van der Waals surface area contributed by atoms with E-state index in [1.807, 2.05) is 0 Å². The predicted octanol–water partition coefficient (Wildman–Crippen LogP) is 5.63. The van der Waals surface area contributed by atoms with Crippen molar-refractivity contribution in [3.05, 3.63) is 53.2 Å². The summed E-state index contributed by atoms with van der Waals surface area (Å²) in [7, 11) is 0. The number of carbonyl (C=O) groups excluding carboxylic acids is 1. The van der Waals surface area contributed by atoms with Gasteiger partial charge in [-0.3, -0.25) is 0 Å². The first-order chi connectivity index (χ1) is 17.8. The average molecular weight is 535 g/mol. The highest BCUT2D eigenvalue weighted by Crippen LogP contribution is 2.32. The number of benzene rings is 1. The fourth-order valence-corrected chi connectivity index (χ4v) is 4.32. The first-order valence-electron chi connectivity index (χ1n) is 12.2. The molecule has 12 heteroatoms. The minimum Gasteiger partial charge on any atom is -0.444 e. The van der Waals surface area contributed by atoms with Crippen LogP contribution in [-0.4, -0.2) is 51.9 Å². The largest absolute Gasteiger partial charge is 0.444 e. The summed E-state index contributed by atoms with van der Waals surface area (Å²) in [6.07, 6.45) is -3.47. The molecule has 1 fully saturated rings. The minimum atomic E-state index is -2.94. The molecule has 1 saturated heterocycles. The Morgan fingerprint density at radius 2 is 1.89 bits per heavy atom. The number of fused-ring (bicyclic) bond motifs is 1. The molecule has 4 rings (SSSR count). The summed E-state index contributed by atoms with van der Waals surface area (Å²) < 4.78 is 61.2. The van der Waals surface area contributed by atoms with Gasteiger partial charge in [-0.25, -0.2) is 37.3 Å².